The van der Waals surface area contributed by atoms with Gasteiger partial charge in [-0.1, -0.05) is 18.2 Å². The number of fused-ring (bicyclic) bond motifs is 1. The van der Waals surface area contributed by atoms with Gasteiger partial charge in [0.15, 0.2) is 17.8 Å². The van der Waals surface area contributed by atoms with Gasteiger partial charge in [0.2, 0.25) is 0 Å². The summed E-state index contributed by atoms with van der Waals surface area (Å²) in [5.74, 6) is 1.22. The van der Waals surface area contributed by atoms with Gasteiger partial charge in [0.1, 0.15) is 0 Å². The van der Waals surface area contributed by atoms with Crippen LogP contribution in [0.5, 0.6) is 5.75 Å². The van der Waals surface area contributed by atoms with Crippen molar-refractivity contribution in [3.05, 3.63) is 84.3 Å². The first-order chi connectivity index (χ1) is 15.6. The molecular formula is C24H21N5O2S. The number of pyridine rings is 1. The SMILES string of the molecule is CSc1cccc(C(=O)Nc2cccc(C3Nc4ncc(-c5cnn(C)c5)cc4O3)c2)c1. The number of aromatic nitrogens is 3. The van der Waals surface area contributed by atoms with E-state index >= 15 is 0 Å². The fraction of sp³-hybridized carbons (Fsp3) is 0.125. The third-order valence-corrected chi connectivity index (χ3v) is 5.91. The summed E-state index contributed by atoms with van der Waals surface area (Å²) in [5, 5.41) is 10.5. The zero-order valence-electron chi connectivity index (χ0n) is 17.6. The van der Waals surface area contributed by atoms with Gasteiger partial charge in [-0.15, -0.1) is 11.8 Å². The summed E-state index contributed by atoms with van der Waals surface area (Å²) in [4.78, 5) is 18.2. The van der Waals surface area contributed by atoms with E-state index in [1.165, 1.54) is 0 Å². The molecule has 8 heteroatoms. The minimum Gasteiger partial charge on any atom is -0.463 e. The van der Waals surface area contributed by atoms with E-state index < -0.39 is 6.23 Å². The zero-order chi connectivity index (χ0) is 22.1. The van der Waals surface area contributed by atoms with E-state index in [9.17, 15) is 4.79 Å². The lowest BCUT2D eigenvalue weighted by Crippen LogP contribution is -2.14. The maximum absolute atomic E-state index is 12.7. The summed E-state index contributed by atoms with van der Waals surface area (Å²) >= 11 is 1.61. The molecule has 2 aromatic heterocycles. The van der Waals surface area contributed by atoms with Crippen molar-refractivity contribution in [3.63, 3.8) is 0 Å². The Labute approximate surface area is 189 Å². The summed E-state index contributed by atoms with van der Waals surface area (Å²) in [6.45, 7) is 0. The van der Waals surface area contributed by atoms with Crippen LogP contribution < -0.4 is 15.4 Å². The number of anilines is 2. The molecular weight excluding hydrogens is 422 g/mol. The van der Waals surface area contributed by atoms with Gasteiger partial charge >= 0.3 is 0 Å². The molecule has 0 saturated carbocycles. The molecule has 0 aliphatic carbocycles. The molecule has 1 aliphatic rings. The molecule has 1 atom stereocenters. The molecule has 5 rings (SSSR count). The van der Waals surface area contributed by atoms with E-state index in [1.54, 1.807) is 28.8 Å². The van der Waals surface area contributed by atoms with Gasteiger partial charge in [-0.3, -0.25) is 9.48 Å². The van der Waals surface area contributed by atoms with Crippen molar-refractivity contribution in [1.82, 2.24) is 14.8 Å². The molecule has 3 heterocycles. The lowest BCUT2D eigenvalue weighted by molar-refractivity contribution is 0.102. The Hall–Kier alpha value is -3.78. The molecule has 4 aromatic rings. The van der Waals surface area contributed by atoms with E-state index in [-0.39, 0.29) is 5.91 Å². The predicted octanol–water partition coefficient (Wildman–Crippen LogP) is 4.96. The fourth-order valence-corrected chi connectivity index (χ4v) is 4.01. The van der Waals surface area contributed by atoms with Crippen LogP contribution in [0, 0.1) is 0 Å². The Bertz CT molecular complexity index is 1300. The molecule has 0 radical (unpaired) electrons. The summed E-state index contributed by atoms with van der Waals surface area (Å²) in [6.07, 6.45) is 7.13. The molecule has 7 nitrogen and oxygen atoms in total. The second-order valence-electron chi connectivity index (χ2n) is 7.43. The summed E-state index contributed by atoms with van der Waals surface area (Å²) in [6, 6.07) is 17.1. The molecule has 1 unspecified atom stereocenters. The monoisotopic (exact) mass is 443 g/mol. The fourth-order valence-electron chi connectivity index (χ4n) is 3.55. The first kappa shape index (κ1) is 20.1. The van der Waals surface area contributed by atoms with Crippen LogP contribution in [0.4, 0.5) is 11.5 Å². The van der Waals surface area contributed by atoms with Gasteiger partial charge in [-0.25, -0.2) is 4.98 Å². The molecule has 2 aromatic carbocycles. The average molecular weight is 444 g/mol. The van der Waals surface area contributed by atoms with Crippen molar-refractivity contribution in [3.8, 4) is 16.9 Å². The Morgan fingerprint density at radius 3 is 2.81 bits per heavy atom. The van der Waals surface area contributed by atoms with Crippen LogP contribution in [-0.4, -0.2) is 26.9 Å². The van der Waals surface area contributed by atoms with Crippen molar-refractivity contribution in [2.24, 2.45) is 7.05 Å². The minimum absolute atomic E-state index is 0.149. The second-order valence-corrected chi connectivity index (χ2v) is 8.31. The van der Waals surface area contributed by atoms with Crippen LogP contribution in [0.3, 0.4) is 0 Å². The van der Waals surface area contributed by atoms with Gasteiger partial charge in [-0.2, -0.15) is 5.10 Å². The molecule has 0 bridgehead atoms. The Kier molecular flexibility index (Phi) is 5.28. The Balaban J connectivity index is 1.32. The maximum Gasteiger partial charge on any atom is 0.255 e. The van der Waals surface area contributed by atoms with Gasteiger partial charge in [0, 0.05) is 52.3 Å². The zero-order valence-corrected chi connectivity index (χ0v) is 18.4. The molecule has 0 spiro atoms. The van der Waals surface area contributed by atoms with E-state index in [0.29, 0.717) is 22.8 Å². The van der Waals surface area contributed by atoms with Crippen molar-refractivity contribution >= 4 is 29.2 Å². The van der Waals surface area contributed by atoms with Crippen molar-refractivity contribution in [2.75, 3.05) is 16.9 Å². The van der Waals surface area contributed by atoms with Crippen molar-refractivity contribution in [1.29, 1.82) is 0 Å². The number of aryl methyl sites for hydroxylation is 1. The third-order valence-electron chi connectivity index (χ3n) is 5.18. The number of carbonyl (C=O) groups excluding carboxylic acids is 1. The van der Waals surface area contributed by atoms with Gasteiger partial charge < -0.3 is 15.4 Å². The van der Waals surface area contributed by atoms with E-state index in [1.807, 2.05) is 74.1 Å². The molecule has 32 heavy (non-hydrogen) atoms. The lowest BCUT2D eigenvalue weighted by atomic mass is 10.1. The first-order valence-electron chi connectivity index (χ1n) is 10.1. The second kappa shape index (κ2) is 8.39. The summed E-state index contributed by atoms with van der Waals surface area (Å²) < 4.78 is 7.87. The van der Waals surface area contributed by atoms with Crippen LogP contribution in [-0.2, 0) is 7.05 Å². The number of hydrogen-bond donors (Lipinski definition) is 2. The number of ether oxygens (including phenoxy) is 1. The summed E-state index contributed by atoms with van der Waals surface area (Å²) in [5.41, 5.74) is 4.13. The highest BCUT2D eigenvalue weighted by atomic mass is 32.2. The third kappa shape index (κ3) is 4.04. The Morgan fingerprint density at radius 2 is 2.00 bits per heavy atom. The Morgan fingerprint density at radius 1 is 1.12 bits per heavy atom. The lowest BCUT2D eigenvalue weighted by Gasteiger charge is -2.13. The highest BCUT2D eigenvalue weighted by molar-refractivity contribution is 7.98. The van der Waals surface area contributed by atoms with Crippen LogP contribution >= 0.6 is 11.8 Å². The number of carbonyl (C=O) groups is 1. The average Bonchev–Trinajstić information content (AvgIpc) is 3.45. The predicted molar refractivity (Wildman–Crippen MR) is 126 cm³/mol. The number of amides is 1. The first-order valence-corrected chi connectivity index (χ1v) is 11.3. The highest BCUT2D eigenvalue weighted by Gasteiger charge is 2.25. The van der Waals surface area contributed by atoms with E-state index in [2.05, 4.69) is 20.7 Å². The molecule has 0 fully saturated rings. The maximum atomic E-state index is 12.7. The minimum atomic E-state index is -0.390. The summed E-state index contributed by atoms with van der Waals surface area (Å²) in [7, 11) is 1.88. The van der Waals surface area contributed by atoms with Gasteiger partial charge in [0.25, 0.3) is 5.91 Å². The van der Waals surface area contributed by atoms with Crippen LogP contribution in [0.2, 0.25) is 0 Å². The highest BCUT2D eigenvalue weighted by Crippen LogP contribution is 2.39. The normalized spacial score (nSPS) is 14.4. The van der Waals surface area contributed by atoms with Crippen molar-refractivity contribution < 1.29 is 9.53 Å². The van der Waals surface area contributed by atoms with Crippen LogP contribution in [0.15, 0.2) is 78.1 Å². The van der Waals surface area contributed by atoms with Crippen LogP contribution in [0.1, 0.15) is 22.1 Å². The molecule has 0 saturated heterocycles. The van der Waals surface area contributed by atoms with Crippen molar-refractivity contribution in [2.45, 2.75) is 11.1 Å². The molecule has 2 N–H and O–H groups in total. The molecule has 1 amide bonds. The van der Waals surface area contributed by atoms with E-state index in [0.717, 1.165) is 21.6 Å². The number of hydrogen-bond acceptors (Lipinski definition) is 6. The molecule has 1 aliphatic heterocycles. The number of nitrogens with zero attached hydrogens (tertiary/aromatic N) is 3. The number of nitrogens with one attached hydrogen (secondary N) is 2. The van der Waals surface area contributed by atoms with E-state index in [4.69, 9.17) is 4.74 Å². The van der Waals surface area contributed by atoms with Gasteiger partial charge in [0.05, 0.1) is 6.20 Å². The van der Waals surface area contributed by atoms with Gasteiger partial charge in [-0.05, 0) is 42.7 Å². The number of rotatable bonds is 5. The topological polar surface area (TPSA) is 81.1 Å². The van der Waals surface area contributed by atoms with Crippen LogP contribution in [0.25, 0.3) is 11.1 Å². The quantitative estimate of drug-likeness (QED) is 0.425. The largest absolute Gasteiger partial charge is 0.463 e. The number of benzene rings is 2. The standard InChI is InChI=1S/C24H21N5O2S/c1-29-14-18(13-26-29)17-11-21-22(25-12-17)28-24(31-21)16-6-3-7-19(9-16)27-23(30)15-5-4-8-20(10-15)32-2/h3-14,24H,1-2H3,(H,25,28)(H,27,30). The smallest absolute Gasteiger partial charge is 0.255 e. The number of thioether (sulfide) groups is 1. The molecule has 160 valence electrons.